The maximum absolute atomic E-state index is 12.7. The molecule has 4 rings (SSSR count). The van der Waals surface area contributed by atoms with Gasteiger partial charge in [-0.2, -0.15) is 0 Å². The number of rotatable bonds is 8. The van der Waals surface area contributed by atoms with Gasteiger partial charge in [0.05, 0.1) is 0 Å². The summed E-state index contributed by atoms with van der Waals surface area (Å²) in [6.07, 6.45) is 0. The first kappa shape index (κ1) is 32.5. The maximum atomic E-state index is 12.7. The fourth-order valence-electron chi connectivity index (χ4n) is 3.80. The normalized spacial score (nSPS) is 11.2. The zero-order valence-corrected chi connectivity index (χ0v) is 26.3. The van der Waals surface area contributed by atoms with Crippen molar-refractivity contribution in [2.24, 2.45) is 10.8 Å². The van der Waals surface area contributed by atoms with E-state index >= 15 is 0 Å². The monoisotopic (exact) mass is 606 g/mol. The highest BCUT2D eigenvalue weighted by molar-refractivity contribution is 6.05. The lowest BCUT2D eigenvalue weighted by molar-refractivity contribution is -0.123. The Morgan fingerprint density at radius 1 is 0.422 bits per heavy atom. The molecule has 0 spiro atoms. The highest BCUT2D eigenvalue weighted by atomic mass is 16.5. The van der Waals surface area contributed by atoms with Crippen molar-refractivity contribution < 1.29 is 23.9 Å². The van der Waals surface area contributed by atoms with Crippen LogP contribution < -0.4 is 26.0 Å². The lowest BCUT2D eigenvalue weighted by atomic mass is 9.95. The van der Waals surface area contributed by atoms with Gasteiger partial charge in [-0.1, -0.05) is 41.5 Å². The summed E-state index contributed by atoms with van der Waals surface area (Å²) >= 11 is 0. The summed E-state index contributed by atoms with van der Waals surface area (Å²) in [7, 11) is 0. The first-order chi connectivity index (χ1) is 21.2. The van der Waals surface area contributed by atoms with Gasteiger partial charge in [-0.25, -0.2) is 0 Å². The molecule has 0 bridgehead atoms. The molecule has 4 aromatic carbocycles. The molecule has 0 unspecified atom stereocenters. The van der Waals surface area contributed by atoms with Crippen LogP contribution in [0.25, 0.3) is 0 Å². The van der Waals surface area contributed by atoms with Gasteiger partial charge in [-0.15, -0.1) is 0 Å². The fraction of sp³-hybridized carbons (Fsp3) is 0.222. The van der Waals surface area contributed by atoms with E-state index in [9.17, 15) is 19.2 Å². The van der Waals surface area contributed by atoms with Crippen LogP contribution in [0.4, 0.5) is 22.7 Å². The standard InChI is InChI=1S/C36H38N4O5/c1-35(2,3)33(43)39-27-11-7-23(8-12-27)31(41)37-25-15-19-29(20-16-25)45-30-21-17-26(18-22-30)38-32(42)24-9-13-28(14-10-24)40-34(44)36(4,5)6/h7-22H,1-6H3,(H,37,41)(H,38,42)(H,39,43)(H,40,44). The molecule has 4 amide bonds. The van der Waals surface area contributed by atoms with Crippen molar-refractivity contribution in [3.63, 3.8) is 0 Å². The third kappa shape index (κ3) is 9.27. The van der Waals surface area contributed by atoms with Gasteiger partial charge in [0, 0.05) is 44.7 Å². The van der Waals surface area contributed by atoms with Crippen molar-refractivity contribution >= 4 is 46.4 Å². The smallest absolute Gasteiger partial charge is 0.255 e. The van der Waals surface area contributed by atoms with E-state index in [2.05, 4.69) is 21.3 Å². The van der Waals surface area contributed by atoms with E-state index in [0.29, 0.717) is 45.4 Å². The second-order valence-corrected chi connectivity index (χ2v) is 12.6. The molecular formula is C36H38N4O5. The molecule has 0 fully saturated rings. The Morgan fingerprint density at radius 2 is 0.689 bits per heavy atom. The minimum Gasteiger partial charge on any atom is -0.457 e. The summed E-state index contributed by atoms with van der Waals surface area (Å²) in [5.74, 6) is 0.376. The highest BCUT2D eigenvalue weighted by Crippen LogP contribution is 2.26. The number of hydrogen-bond donors (Lipinski definition) is 4. The Labute approximate surface area is 263 Å². The molecule has 0 aliphatic heterocycles. The number of ether oxygens (including phenoxy) is 1. The molecular weight excluding hydrogens is 568 g/mol. The minimum atomic E-state index is -0.517. The number of hydrogen-bond acceptors (Lipinski definition) is 5. The molecule has 232 valence electrons. The van der Waals surface area contributed by atoms with Crippen molar-refractivity contribution in [2.45, 2.75) is 41.5 Å². The number of nitrogens with one attached hydrogen (secondary N) is 4. The van der Waals surface area contributed by atoms with Gasteiger partial charge in [0.15, 0.2) is 0 Å². The van der Waals surface area contributed by atoms with E-state index in [4.69, 9.17) is 4.74 Å². The third-order valence-electron chi connectivity index (χ3n) is 6.63. The molecule has 9 nitrogen and oxygen atoms in total. The highest BCUT2D eigenvalue weighted by Gasteiger charge is 2.22. The van der Waals surface area contributed by atoms with Crippen LogP contribution in [0.15, 0.2) is 97.1 Å². The summed E-state index contributed by atoms with van der Waals surface area (Å²) in [6.45, 7) is 11.0. The van der Waals surface area contributed by atoms with Crippen LogP contribution in [-0.4, -0.2) is 23.6 Å². The number of amides is 4. The van der Waals surface area contributed by atoms with Crippen molar-refractivity contribution in [1.82, 2.24) is 0 Å². The summed E-state index contributed by atoms with van der Waals surface area (Å²) in [6, 6.07) is 27.3. The van der Waals surface area contributed by atoms with Crippen LogP contribution in [0, 0.1) is 10.8 Å². The Balaban J connectivity index is 1.27. The minimum absolute atomic E-state index is 0.104. The molecule has 0 saturated heterocycles. The van der Waals surface area contributed by atoms with Gasteiger partial charge in [0.25, 0.3) is 11.8 Å². The fourth-order valence-corrected chi connectivity index (χ4v) is 3.80. The van der Waals surface area contributed by atoms with Crippen LogP contribution >= 0.6 is 0 Å². The molecule has 4 aromatic rings. The molecule has 4 N–H and O–H groups in total. The summed E-state index contributed by atoms with van der Waals surface area (Å²) < 4.78 is 5.91. The molecule has 0 heterocycles. The molecule has 0 aromatic heterocycles. The predicted octanol–water partition coefficient (Wildman–Crippen LogP) is 7.95. The molecule has 0 aliphatic carbocycles. The van der Waals surface area contributed by atoms with Crippen LogP contribution in [0.3, 0.4) is 0 Å². The van der Waals surface area contributed by atoms with E-state index in [1.165, 1.54) is 0 Å². The first-order valence-electron chi connectivity index (χ1n) is 14.5. The van der Waals surface area contributed by atoms with E-state index in [1.54, 1.807) is 97.1 Å². The second-order valence-electron chi connectivity index (χ2n) is 12.6. The molecule has 0 atom stereocenters. The van der Waals surface area contributed by atoms with Crippen molar-refractivity contribution in [1.29, 1.82) is 0 Å². The van der Waals surface area contributed by atoms with Crippen LogP contribution in [0.1, 0.15) is 62.3 Å². The van der Waals surface area contributed by atoms with Crippen molar-refractivity contribution in [2.75, 3.05) is 21.3 Å². The van der Waals surface area contributed by atoms with Gasteiger partial charge >= 0.3 is 0 Å². The third-order valence-corrected chi connectivity index (χ3v) is 6.63. The van der Waals surface area contributed by atoms with E-state index in [-0.39, 0.29) is 23.6 Å². The number of benzene rings is 4. The topological polar surface area (TPSA) is 126 Å². The van der Waals surface area contributed by atoms with Gasteiger partial charge in [0.1, 0.15) is 11.5 Å². The Kier molecular flexibility index (Phi) is 9.72. The largest absolute Gasteiger partial charge is 0.457 e. The van der Waals surface area contributed by atoms with E-state index < -0.39 is 10.8 Å². The number of anilines is 4. The second kappa shape index (κ2) is 13.5. The molecule has 0 aliphatic rings. The lowest BCUT2D eigenvalue weighted by Gasteiger charge is -2.17. The Bertz CT molecular complexity index is 1540. The van der Waals surface area contributed by atoms with Crippen LogP contribution in [-0.2, 0) is 9.59 Å². The quantitative estimate of drug-likeness (QED) is 0.162. The van der Waals surface area contributed by atoms with Gasteiger partial charge < -0.3 is 26.0 Å². The summed E-state index contributed by atoms with van der Waals surface area (Å²) in [4.78, 5) is 49.7. The summed E-state index contributed by atoms with van der Waals surface area (Å²) in [5, 5.41) is 11.4. The molecule has 0 radical (unpaired) electrons. The molecule has 0 saturated carbocycles. The van der Waals surface area contributed by atoms with E-state index in [0.717, 1.165) is 0 Å². The van der Waals surface area contributed by atoms with Gasteiger partial charge in [-0.05, 0) is 97.1 Å². The Hall–Kier alpha value is -5.44. The average molecular weight is 607 g/mol. The first-order valence-corrected chi connectivity index (χ1v) is 14.5. The predicted molar refractivity (Wildman–Crippen MR) is 178 cm³/mol. The zero-order chi connectivity index (χ0) is 32.8. The zero-order valence-electron chi connectivity index (χ0n) is 26.3. The van der Waals surface area contributed by atoms with Crippen LogP contribution in [0.2, 0.25) is 0 Å². The average Bonchev–Trinajstić information content (AvgIpc) is 2.99. The summed E-state index contributed by atoms with van der Waals surface area (Å²) in [5.41, 5.74) is 2.32. The van der Waals surface area contributed by atoms with Gasteiger partial charge in [-0.3, -0.25) is 19.2 Å². The van der Waals surface area contributed by atoms with E-state index in [1.807, 2.05) is 41.5 Å². The molecule has 45 heavy (non-hydrogen) atoms. The lowest BCUT2D eigenvalue weighted by Crippen LogP contribution is -2.27. The Morgan fingerprint density at radius 3 is 0.978 bits per heavy atom. The van der Waals surface area contributed by atoms with Crippen LogP contribution in [0.5, 0.6) is 11.5 Å². The SMILES string of the molecule is CC(C)(C)C(=O)Nc1ccc(C(=O)Nc2ccc(Oc3ccc(NC(=O)c4ccc(NC(=O)C(C)(C)C)cc4)cc3)cc2)cc1. The molecule has 9 heteroatoms. The number of carbonyl (C=O) groups excluding carboxylic acids is 4. The van der Waals surface area contributed by atoms with Gasteiger partial charge in [0.2, 0.25) is 11.8 Å². The number of carbonyl (C=O) groups is 4. The van der Waals surface area contributed by atoms with Crippen molar-refractivity contribution in [3.05, 3.63) is 108 Å². The maximum Gasteiger partial charge on any atom is 0.255 e. The van der Waals surface area contributed by atoms with Crippen molar-refractivity contribution in [3.8, 4) is 11.5 Å².